The summed E-state index contributed by atoms with van der Waals surface area (Å²) in [5.74, 6) is -1.01. The Bertz CT molecular complexity index is 2650. The van der Waals surface area contributed by atoms with Gasteiger partial charge in [0.05, 0.1) is 11.4 Å². The van der Waals surface area contributed by atoms with Gasteiger partial charge in [0, 0.05) is 12.7 Å². The van der Waals surface area contributed by atoms with Crippen LogP contribution in [0.2, 0.25) is 0 Å². The standard InChI is InChI=1S/C47H55N5O7S/c1-29-30(2)41(31(3)34-24-25-47(7,8)58-40(29)34)60(56,57)51-45(48)49-26-14-23-39(44(55)59-46(4,5)6)50-42(53)38-22-15-27-52(43(38)54)28-33-17-10-12-20-36(33)37-21-13-18-32-16-9-11-19-35(32)37/h9-13,15-22,27,39H,14,23-26,28H2,1-8H3,(H,50,53)(H3,48,49,51)/t39-/m0/s1. The van der Waals surface area contributed by atoms with Gasteiger partial charge in [-0.05, 0) is 143 Å². The van der Waals surface area contributed by atoms with Crippen molar-refractivity contribution >= 4 is 38.6 Å². The van der Waals surface area contributed by atoms with Crippen molar-refractivity contribution in [3.8, 4) is 16.9 Å². The molecule has 1 amide bonds. The second-order valence-corrected chi connectivity index (χ2v) is 18.6. The Morgan fingerprint density at radius 3 is 2.37 bits per heavy atom. The third kappa shape index (κ3) is 9.73. The molecule has 1 aliphatic heterocycles. The van der Waals surface area contributed by atoms with Gasteiger partial charge in [0.1, 0.15) is 28.6 Å². The Labute approximate surface area is 352 Å². The minimum Gasteiger partial charge on any atom is -0.487 e. The number of nitrogens with one attached hydrogen (secondary N) is 2. The number of pyridine rings is 1. The maximum absolute atomic E-state index is 13.9. The third-order valence-electron chi connectivity index (χ3n) is 10.8. The molecule has 0 saturated carbocycles. The zero-order valence-corrected chi connectivity index (χ0v) is 36.5. The number of amides is 1. The number of rotatable bonds is 12. The Morgan fingerprint density at radius 2 is 1.62 bits per heavy atom. The van der Waals surface area contributed by atoms with Crippen LogP contribution >= 0.6 is 0 Å². The zero-order chi connectivity index (χ0) is 43.6. The van der Waals surface area contributed by atoms with Crippen molar-refractivity contribution in [2.75, 3.05) is 6.54 Å². The van der Waals surface area contributed by atoms with E-state index in [2.05, 4.69) is 39.3 Å². The first kappa shape index (κ1) is 43.6. The molecule has 1 atom stereocenters. The smallest absolute Gasteiger partial charge is 0.329 e. The Balaban J connectivity index is 1.16. The van der Waals surface area contributed by atoms with Crippen molar-refractivity contribution in [1.29, 1.82) is 0 Å². The number of aromatic nitrogens is 1. The molecule has 1 aromatic heterocycles. The molecule has 0 bridgehead atoms. The number of hydrogen-bond acceptors (Lipinski definition) is 8. The molecule has 0 unspecified atom stereocenters. The first-order chi connectivity index (χ1) is 28.3. The zero-order valence-electron chi connectivity index (χ0n) is 35.6. The molecule has 5 aromatic rings. The number of nitrogens with two attached hydrogens (primary N) is 1. The summed E-state index contributed by atoms with van der Waals surface area (Å²) in [4.78, 5) is 45.4. The van der Waals surface area contributed by atoms with Crippen LogP contribution in [0, 0.1) is 20.8 Å². The predicted molar refractivity (Wildman–Crippen MR) is 236 cm³/mol. The Morgan fingerprint density at radius 1 is 0.933 bits per heavy atom. The SMILES string of the molecule is Cc1c(C)c(S(=O)(=O)NC(N)=NCCC[C@H](NC(=O)c2cccn(Cc3ccccc3-c3cccc4ccccc34)c2=O)C(=O)OC(C)(C)C)c(C)c2c1OC(C)(C)CC2. The lowest BCUT2D eigenvalue weighted by Crippen LogP contribution is -2.46. The fourth-order valence-electron chi connectivity index (χ4n) is 7.72. The quantitative estimate of drug-likeness (QED) is 0.0511. The largest absolute Gasteiger partial charge is 0.487 e. The van der Waals surface area contributed by atoms with Gasteiger partial charge in [-0.25, -0.2) is 17.9 Å². The van der Waals surface area contributed by atoms with E-state index >= 15 is 0 Å². The van der Waals surface area contributed by atoms with E-state index in [0.717, 1.165) is 50.8 Å². The van der Waals surface area contributed by atoms with Gasteiger partial charge in [0.15, 0.2) is 0 Å². The van der Waals surface area contributed by atoms with Crippen LogP contribution in [-0.4, -0.2) is 54.6 Å². The minimum atomic E-state index is -4.12. The van der Waals surface area contributed by atoms with Gasteiger partial charge >= 0.3 is 5.97 Å². The van der Waals surface area contributed by atoms with E-state index in [0.29, 0.717) is 17.5 Å². The molecular formula is C47H55N5O7S. The summed E-state index contributed by atoms with van der Waals surface area (Å²) in [5.41, 5.74) is 9.93. The number of fused-ring (bicyclic) bond motifs is 2. The second kappa shape index (κ2) is 17.3. The summed E-state index contributed by atoms with van der Waals surface area (Å²) in [6.07, 6.45) is 3.35. The monoisotopic (exact) mass is 833 g/mol. The molecule has 60 heavy (non-hydrogen) atoms. The van der Waals surface area contributed by atoms with Gasteiger partial charge in [0.2, 0.25) is 5.96 Å². The molecule has 4 aromatic carbocycles. The van der Waals surface area contributed by atoms with Crippen LogP contribution < -0.4 is 26.1 Å². The molecule has 2 heterocycles. The second-order valence-electron chi connectivity index (χ2n) is 17.0. The number of carbonyl (C=O) groups is 2. The number of carbonyl (C=O) groups excluding carboxylic acids is 2. The molecule has 0 radical (unpaired) electrons. The molecule has 6 rings (SSSR count). The molecule has 13 heteroatoms. The molecule has 1 aliphatic rings. The van der Waals surface area contributed by atoms with Crippen molar-refractivity contribution < 1.29 is 27.5 Å². The molecule has 0 fully saturated rings. The summed E-state index contributed by atoms with van der Waals surface area (Å²) in [7, 11) is -4.12. The molecule has 0 aliphatic carbocycles. The average Bonchev–Trinajstić information content (AvgIpc) is 3.17. The summed E-state index contributed by atoms with van der Waals surface area (Å²) >= 11 is 0. The summed E-state index contributed by atoms with van der Waals surface area (Å²) in [6.45, 7) is 14.8. The number of esters is 1. The summed E-state index contributed by atoms with van der Waals surface area (Å²) < 4.78 is 43.2. The van der Waals surface area contributed by atoms with Crippen molar-refractivity contribution in [3.63, 3.8) is 0 Å². The Kier molecular flexibility index (Phi) is 12.6. The fourth-order valence-corrected chi connectivity index (χ4v) is 9.25. The number of benzene rings is 4. The molecule has 0 spiro atoms. The number of aliphatic imine (C=N–C) groups is 1. The topological polar surface area (TPSA) is 171 Å². The van der Waals surface area contributed by atoms with E-state index in [9.17, 15) is 22.8 Å². The van der Waals surface area contributed by atoms with E-state index in [-0.39, 0.29) is 48.0 Å². The van der Waals surface area contributed by atoms with Crippen molar-refractivity contribution in [2.24, 2.45) is 10.7 Å². The van der Waals surface area contributed by atoms with Crippen LogP contribution in [0.15, 0.2) is 99.7 Å². The maximum Gasteiger partial charge on any atom is 0.329 e. The van der Waals surface area contributed by atoms with Crippen LogP contribution in [-0.2, 0) is 32.5 Å². The normalized spacial score (nSPS) is 14.5. The van der Waals surface area contributed by atoms with Gasteiger partial charge in [-0.3, -0.25) is 14.6 Å². The lowest BCUT2D eigenvalue weighted by molar-refractivity contribution is -0.157. The Hall–Kier alpha value is -5.95. The molecular weight excluding hydrogens is 779 g/mol. The van der Waals surface area contributed by atoms with Crippen LogP contribution in [0.25, 0.3) is 21.9 Å². The third-order valence-corrected chi connectivity index (χ3v) is 12.4. The highest BCUT2D eigenvalue weighted by Crippen LogP contribution is 2.42. The molecule has 4 N–H and O–H groups in total. The van der Waals surface area contributed by atoms with E-state index in [1.807, 2.05) is 63.2 Å². The van der Waals surface area contributed by atoms with Crippen LogP contribution in [0.4, 0.5) is 0 Å². The number of hydrogen-bond donors (Lipinski definition) is 3. The van der Waals surface area contributed by atoms with Gasteiger partial charge in [-0.2, -0.15) is 0 Å². The minimum absolute atomic E-state index is 0.0296. The van der Waals surface area contributed by atoms with E-state index < -0.39 is 39.1 Å². The van der Waals surface area contributed by atoms with Gasteiger partial charge in [-0.1, -0.05) is 66.7 Å². The van der Waals surface area contributed by atoms with Crippen LogP contribution in [0.3, 0.4) is 0 Å². The highest BCUT2D eigenvalue weighted by molar-refractivity contribution is 7.90. The lowest BCUT2D eigenvalue weighted by atomic mass is 9.88. The first-order valence-corrected chi connectivity index (χ1v) is 21.7. The number of ether oxygens (including phenoxy) is 2. The fraction of sp³-hybridized carbons (Fsp3) is 0.362. The van der Waals surface area contributed by atoms with Crippen LogP contribution in [0.5, 0.6) is 5.75 Å². The average molecular weight is 834 g/mol. The molecule has 0 saturated heterocycles. The summed E-state index contributed by atoms with van der Waals surface area (Å²) in [5, 5.41) is 4.90. The van der Waals surface area contributed by atoms with Gasteiger partial charge in [-0.15, -0.1) is 0 Å². The van der Waals surface area contributed by atoms with E-state index in [4.69, 9.17) is 15.2 Å². The molecule has 316 valence electrons. The van der Waals surface area contributed by atoms with Crippen molar-refractivity contribution in [1.82, 2.24) is 14.6 Å². The number of nitrogens with zero attached hydrogens (tertiary/aromatic N) is 2. The predicted octanol–water partition coefficient (Wildman–Crippen LogP) is 7.26. The maximum atomic E-state index is 13.9. The van der Waals surface area contributed by atoms with Gasteiger partial charge in [0.25, 0.3) is 21.5 Å². The number of guanidine groups is 1. The van der Waals surface area contributed by atoms with E-state index in [1.165, 1.54) is 10.6 Å². The van der Waals surface area contributed by atoms with E-state index in [1.54, 1.807) is 46.9 Å². The lowest BCUT2D eigenvalue weighted by Gasteiger charge is -2.35. The van der Waals surface area contributed by atoms with Crippen molar-refractivity contribution in [2.45, 2.75) is 110 Å². The number of sulfonamides is 1. The molecule has 12 nitrogen and oxygen atoms in total. The summed E-state index contributed by atoms with van der Waals surface area (Å²) in [6, 6.07) is 24.0. The highest BCUT2D eigenvalue weighted by Gasteiger charge is 2.34. The first-order valence-electron chi connectivity index (χ1n) is 20.2. The van der Waals surface area contributed by atoms with Crippen molar-refractivity contribution in [3.05, 3.63) is 129 Å². The van der Waals surface area contributed by atoms with Crippen LogP contribution in [0.1, 0.15) is 92.1 Å². The highest BCUT2D eigenvalue weighted by atomic mass is 32.2. The van der Waals surface area contributed by atoms with Gasteiger partial charge < -0.3 is 25.1 Å².